The van der Waals surface area contributed by atoms with Gasteiger partial charge in [-0.05, 0) is 24.7 Å². The largest absolute Gasteiger partial charge is 0.340 e. The van der Waals surface area contributed by atoms with Crippen LogP contribution in [0.15, 0.2) is 28.7 Å². The first-order valence-corrected chi connectivity index (χ1v) is 6.52. The molecule has 0 atom stereocenters. The highest BCUT2D eigenvalue weighted by atomic mass is 79.9. The zero-order chi connectivity index (χ0) is 12.3. The van der Waals surface area contributed by atoms with E-state index < -0.39 is 0 Å². The molecule has 1 saturated heterocycles. The Labute approximate surface area is 111 Å². The molecule has 91 valence electrons. The molecule has 0 aliphatic carbocycles. The second-order valence-electron chi connectivity index (χ2n) is 4.33. The van der Waals surface area contributed by atoms with Crippen LogP contribution in [0.1, 0.15) is 5.56 Å². The Bertz CT molecular complexity index is 400. The van der Waals surface area contributed by atoms with E-state index in [0.29, 0.717) is 0 Å². The first kappa shape index (κ1) is 12.6. The molecule has 1 aromatic carbocycles. The van der Waals surface area contributed by atoms with E-state index in [2.05, 4.69) is 27.9 Å². The van der Waals surface area contributed by atoms with Crippen molar-refractivity contribution in [3.63, 3.8) is 0 Å². The number of amides is 1. The van der Waals surface area contributed by atoms with Crippen LogP contribution in [0.3, 0.4) is 0 Å². The highest BCUT2D eigenvalue weighted by Gasteiger charge is 2.19. The molecule has 0 saturated carbocycles. The molecule has 1 amide bonds. The van der Waals surface area contributed by atoms with E-state index in [9.17, 15) is 4.79 Å². The van der Waals surface area contributed by atoms with Crippen molar-refractivity contribution in [2.45, 2.75) is 0 Å². The highest BCUT2D eigenvalue weighted by molar-refractivity contribution is 9.10. The van der Waals surface area contributed by atoms with E-state index >= 15 is 0 Å². The Morgan fingerprint density at radius 3 is 2.65 bits per heavy atom. The van der Waals surface area contributed by atoms with E-state index in [1.807, 2.05) is 29.2 Å². The molecule has 0 bridgehead atoms. The molecule has 17 heavy (non-hydrogen) atoms. The van der Waals surface area contributed by atoms with E-state index in [4.69, 9.17) is 0 Å². The fraction of sp³-hybridized carbons (Fsp3) is 0.385. The average Bonchev–Trinajstić information content (AvgIpc) is 2.29. The summed E-state index contributed by atoms with van der Waals surface area (Å²) in [7, 11) is 2.08. The van der Waals surface area contributed by atoms with E-state index in [-0.39, 0.29) is 5.91 Å². The summed E-state index contributed by atoms with van der Waals surface area (Å²) in [5.41, 5.74) is 0.948. The van der Waals surface area contributed by atoms with Gasteiger partial charge in [0.1, 0.15) is 0 Å². The summed E-state index contributed by atoms with van der Waals surface area (Å²) in [6, 6.07) is 7.79. The summed E-state index contributed by atoms with van der Waals surface area (Å²) >= 11 is 3.40. The van der Waals surface area contributed by atoms with Crippen molar-refractivity contribution in [3.05, 3.63) is 40.7 Å². The maximum absolute atomic E-state index is 12.0. The Kier molecular flexibility index (Phi) is 4.18. The maximum Gasteiger partial charge on any atom is 0.231 e. The third-order valence-corrected chi connectivity index (χ3v) is 3.45. The van der Waals surface area contributed by atoms with Crippen LogP contribution in [-0.4, -0.2) is 48.9 Å². The quantitative estimate of drug-likeness (QED) is 0.830. The fourth-order valence-electron chi connectivity index (χ4n) is 1.86. The number of likely N-dealkylation sites (N-methyl/N-ethyl adjacent to an activating group) is 1. The predicted octanol–water partition coefficient (Wildman–Crippen LogP) is 1.78. The lowest BCUT2D eigenvalue weighted by Gasteiger charge is -2.32. The van der Waals surface area contributed by atoms with Crippen LogP contribution in [0.4, 0.5) is 0 Å². The van der Waals surface area contributed by atoms with Gasteiger partial charge in [0.05, 0.1) is 6.42 Å². The minimum Gasteiger partial charge on any atom is -0.340 e. The van der Waals surface area contributed by atoms with Crippen LogP contribution in [-0.2, 0) is 4.79 Å². The Morgan fingerprint density at radius 1 is 1.29 bits per heavy atom. The van der Waals surface area contributed by atoms with Crippen molar-refractivity contribution >= 4 is 21.8 Å². The summed E-state index contributed by atoms with van der Waals surface area (Å²) in [5.74, 6) is 0.108. The van der Waals surface area contributed by atoms with E-state index in [0.717, 1.165) is 36.2 Å². The molecule has 1 heterocycles. The molecule has 3 nitrogen and oxygen atoms in total. The van der Waals surface area contributed by atoms with Gasteiger partial charge in [0.15, 0.2) is 0 Å². The monoisotopic (exact) mass is 295 g/mol. The molecule has 0 unspecified atom stereocenters. The van der Waals surface area contributed by atoms with Crippen LogP contribution in [0.2, 0.25) is 0 Å². The zero-order valence-electron chi connectivity index (χ0n) is 9.90. The van der Waals surface area contributed by atoms with Gasteiger partial charge in [-0.25, -0.2) is 0 Å². The SMILES string of the molecule is CN1CCN(C(=O)[CH]c2cccc(Br)c2)CC1. The molecule has 0 N–H and O–H groups in total. The molecule has 1 aromatic rings. The van der Waals surface area contributed by atoms with Crippen molar-refractivity contribution in [2.75, 3.05) is 33.2 Å². The molecule has 0 aromatic heterocycles. The number of rotatable bonds is 2. The van der Waals surface area contributed by atoms with Crippen LogP contribution >= 0.6 is 15.9 Å². The standard InChI is InChI=1S/C13H16BrN2O/c1-15-5-7-16(8-6-15)13(17)10-11-3-2-4-12(14)9-11/h2-4,9-10H,5-8H2,1H3. The molecular formula is C13H16BrN2O. The molecule has 4 heteroatoms. The lowest BCUT2D eigenvalue weighted by Crippen LogP contribution is -2.47. The average molecular weight is 296 g/mol. The summed E-state index contributed by atoms with van der Waals surface area (Å²) < 4.78 is 0.998. The summed E-state index contributed by atoms with van der Waals surface area (Å²) in [6.45, 7) is 3.55. The van der Waals surface area contributed by atoms with Gasteiger partial charge < -0.3 is 9.80 Å². The molecular weight excluding hydrogens is 280 g/mol. The second kappa shape index (κ2) is 5.65. The fourth-order valence-corrected chi connectivity index (χ4v) is 2.27. The summed E-state index contributed by atoms with van der Waals surface area (Å²) in [5, 5.41) is 0. The van der Waals surface area contributed by atoms with Crippen LogP contribution in [0, 0.1) is 6.42 Å². The second-order valence-corrected chi connectivity index (χ2v) is 5.24. The number of hydrogen-bond acceptors (Lipinski definition) is 2. The third kappa shape index (κ3) is 3.54. The smallest absolute Gasteiger partial charge is 0.231 e. The predicted molar refractivity (Wildman–Crippen MR) is 71.6 cm³/mol. The van der Waals surface area contributed by atoms with Gasteiger partial charge in [-0.2, -0.15) is 0 Å². The third-order valence-electron chi connectivity index (χ3n) is 2.95. The van der Waals surface area contributed by atoms with Crippen molar-refractivity contribution in [1.82, 2.24) is 9.80 Å². The molecule has 2 rings (SSSR count). The number of piperazine rings is 1. The molecule has 0 spiro atoms. The minimum atomic E-state index is 0.108. The van der Waals surface area contributed by atoms with Gasteiger partial charge in [-0.15, -0.1) is 0 Å². The summed E-state index contributed by atoms with van der Waals surface area (Å²) in [6.07, 6.45) is 1.70. The topological polar surface area (TPSA) is 23.6 Å². The molecule has 1 fully saturated rings. The van der Waals surface area contributed by atoms with E-state index in [1.54, 1.807) is 6.42 Å². The minimum absolute atomic E-state index is 0.108. The highest BCUT2D eigenvalue weighted by Crippen LogP contribution is 2.14. The van der Waals surface area contributed by atoms with Gasteiger partial charge in [0.2, 0.25) is 5.91 Å². The van der Waals surface area contributed by atoms with Gasteiger partial charge in [-0.3, -0.25) is 4.79 Å². The normalized spacial score (nSPS) is 17.2. The Morgan fingerprint density at radius 2 is 2.00 bits per heavy atom. The number of hydrogen-bond donors (Lipinski definition) is 0. The molecule has 1 aliphatic rings. The Hall–Kier alpha value is -0.870. The number of halogens is 1. The van der Waals surface area contributed by atoms with Crippen LogP contribution in [0.25, 0.3) is 0 Å². The molecule has 1 radical (unpaired) electrons. The Balaban J connectivity index is 1.93. The number of carbonyl (C=O) groups is 1. The zero-order valence-corrected chi connectivity index (χ0v) is 11.5. The first-order valence-electron chi connectivity index (χ1n) is 5.73. The van der Waals surface area contributed by atoms with Gasteiger partial charge in [0.25, 0.3) is 0 Å². The number of benzene rings is 1. The molecule has 1 aliphatic heterocycles. The van der Waals surface area contributed by atoms with Gasteiger partial charge in [-0.1, -0.05) is 28.1 Å². The van der Waals surface area contributed by atoms with Crippen LogP contribution < -0.4 is 0 Å². The van der Waals surface area contributed by atoms with Crippen molar-refractivity contribution < 1.29 is 4.79 Å². The van der Waals surface area contributed by atoms with Crippen LogP contribution in [0.5, 0.6) is 0 Å². The first-order chi connectivity index (χ1) is 8.15. The van der Waals surface area contributed by atoms with Gasteiger partial charge >= 0.3 is 0 Å². The summed E-state index contributed by atoms with van der Waals surface area (Å²) in [4.78, 5) is 16.2. The number of carbonyl (C=O) groups excluding carboxylic acids is 1. The number of nitrogens with zero attached hydrogens (tertiary/aromatic N) is 2. The van der Waals surface area contributed by atoms with Crippen molar-refractivity contribution in [1.29, 1.82) is 0 Å². The lowest BCUT2D eigenvalue weighted by atomic mass is 10.1. The van der Waals surface area contributed by atoms with E-state index in [1.165, 1.54) is 0 Å². The maximum atomic E-state index is 12.0. The van der Waals surface area contributed by atoms with Crippen molar-refractivity contribution in [3.8, 4) is 0 Å². The van der Waals surface area contributed by atoms with Crippen molar-refractivity contribution in [2.24, 2.45) is 0 Å². The van der Waals surface area contributed by atoms with Gasteiger partial charge in [0, 0.05) is 30.7 Å². The lowest BCUT2D eigenvalue weighted by molar-refractivity contribution is -0.128.